The van der Waals surface area contributed by atoms with Crippen molar-refractivity contribution in [1.82, 2.24) is 0 Å². The molecule has 2 aromatic carbocycles. The van der Waals surface area contributed by atoms with Crippen LogP contribution in [0.4, 0.5) is 24.5 Å². The molecule has 2 amide bonds. The van der Waals surface area contributed by atoms with Gasteiger partial charge >= 0.3 is 6.18 Å². The zero-order valence-electron chi connectivity index (χ0n) is 15.3. The van der Waals surface area contributed by atoms with Gasteiger partial charge in [-0.05, 0) is 55.7 Å². The van der Waals surface area contributed by atoms with Gasteiger partial charge in [-0.1, -0.05) is 12.1 Å². The summed E-state index contributed by atoms with van der Waals surface area (Å²) in [6.07, 6.45) is -3.88. The van der Waals surface area contributed by atoms with E-state index in [1.54, 1.807) is 12.1 Å². The molecule has 0 atom stereocenters. The van der Waals surface area contributed by atoms with Gasteiger partial charge in [-0.25, -0.2) is 0 Å². The summed E-state index contributed by atoms with van der Waals surface area (Å²) in [6, 6.07) is 9.56. The Balaban J connectivity index is 1.76. The largest absolute Gasteiger partial charge is 0.495 e. The molecule has 148 valence electrons. The number of hydrogen-bond acceptors (Lipinski definition) is 3. The predicted octanol–water partition coefficient (Wildman–Crippen LogP) is 4.38. The van der Waals surface area contributed by atoms with Crippen LogP contribution >= 0.6 is 0 Å². The lowest BCUT2D eigenvalue weighted by atomic mass is 10.0. The molecule has 0 bridgehead atoms. The minimum Gasteiger partial charge on any atom is -0.495 e. The third kappa shape index (κ3) is 3.95. The van der Waals surface area contributed by atoms with Crippen LogP contribution in [-0.2, 0) is 15.8 Å². The topological polar surface area (TPSA) is 67.4 Å². The first-order valence-electron chi connectivity index (χ1n) is 8.60. The Bertz CT molecular complexity index is 921. The Morgan fingerprint density at radius 3 is 2.32 bits per heavy atom. The van der Waals surface area contributed by atoms with Crippen molar-refractivity contribution in [3.63, 3.8) is 0 Å². The monoisotopic (exact) mass is 392 g/mol. The minimum absolute atomic E-state index is 0.00737. The summed E-state index contributed by atoms with van der Waals surface area (Å²) in [4.78, 5) is 25.4. The maximum absolute atomic E-state index is 12.8. The van der Waals surface area contributed by atoms with E-state index in [0.29, 0.717) is 24.3 Å². The van der Waals surface area contributed by atoms with Crippen molar-refractivity contribution in [3.05, 3.63) is 53.6 Å². The van der Waals surface area contributed by atoms with Gasteiger partial charge in [-0.3, -0.25) is 9.59 Å². The van der Waals surface area contributed by atoms with E-state index in [-0.39, 0.29) is 5.69 Å². The molecular weight excluding hydrogens is 373 g/mol. The first-order valence-corrected chi connectivity index (χ1v) is 8.60. The van der Waals surface area contributed by atoms with E-state index in [9.17, 15) is 22.8 Å². The first-order chi connectivity index (χ1) is 13.2. The number of methoxy groups -OCH3 is 1. The molecule has 3 rings (SSSR count). The summed E-state index contributed by atoms with van der Waals surface area (Å²) in [6.45, 7) is 1.85. The Morgan fingerprint density at radius 2 is 1.71 bits per heavy atom. The number of alkyl halides is 3. The molecule has 1 fully saturated rings. The molecule has 1 aliphatic carbocycles. The van der Waals surface area contributed by atoms with E-state index in [1.807, 2.05) is 13.0 Å². The Kier molecular flexibility index (Phi) is 5.06. The number of anilines is 2. The average Bonchev–Trinajstić information content (AvgIpc) is 3.43. The molecule has 2 N–H and O–H groups in total. The Labute approximate surface area is 159 Å². The van der Waals surface area contributed by atoms with Crippen LogP contribution in [0.1, 0.15) is 24.0 Å². The highest BCUT2D eigenvalue weighted by atomic mass is 19.4. The van der Waals surface area contributed by atoms with Gasteiger partial charge < -0.3 is 15.4 Å². The number of nitrogens with one attached hydrogen (secondary N) is 2. The summed E-state index contributed by atoms with van der Waals surface area (Å²) in [5.41, 5.74) is -0.848. The van der Waals surface area contributed by atoms with E-state index in [1.165, 1.54) is 19.2 Å². The highest BCUT2D eigenvalue weighted by Gasteiger charge is 2.56. The third-order valence-electron chi connectivity index (χ3n) is 4.67. The third-order valence-corrected chi connectivity index (χ3v) is 4.67. The normalized spacial score (nSPS) is 14.9. The number of halogens is 3. The maximum atomic E-state index is 12.8. The molecule has 0 heterocycles. The van der Waals surface area contributed by atoms with E-state index in [0.717, 1.165) is 17.7 Å². The molecule has 0 aromatic heterocycles. The van der Waals surface area contributed by atoms with Crippen LogP contribution in [0.2, 0.25) is 0 Å². The fraction of sp³-hybridized carbons (Fsp3) is 0.300. The number of carbonyl (C=O) groups is 2. The number of benzene rings is 2. The molecule has 1 aliphatic rings. The van der Waals surface area contributed by atoms with E-state index in [2.05, 4.69) is 10.6 Å². The fourth-order valence-electron chi connectivity index (χ4n) is 2.87. The van der Waals surface area contributed by atoms with Crippen LogP contribution in [0, 0.1) is 12.3 Å². The Morgan fingerprint density at radius 1 is 1.04 bits per heavy atom. The second-order valence-electron chi connectivity index (χ2n) is 6.77. The number of ether oxygens (including phenoxy) is 1. The Hall–Kier alpha value is -3.03. The van der Waals surface area contributed by atoms with E-state index < -0.39 is 29.0 Å². The van der Waals surface area contributed by atoms with Crippen molar-refractivity contribution in [3.8, 4) is 5.75 Å². The van der Waals surface area contributed by atoms with Crippen molar-refractivity contribution >= 4 is 23.2 Å². The molecule has 28 heavy (non-hydrogen) atoms. The summed E-state index contributed by atoms with van der Waals surface area (Å²) in [5, 5.41) is 5.14. The predicted molar refractivity (Wildman–Crippen MR) is 98.1 cm³/mol. The van der Waals surface area contributed by atoms with Gasteiger partial charge in [0.15, 0.2) is 0 Å². The molecule has 8 heteroatoms. The summed E-state index contributed by atoms with van der Waals surface area (Å²) < 4.78 is 43.7. The quantitative estimate of drug-likeness (QED) is 0.742. The highest BCUT2D eigenvalue weighted by molar-refractivity contribution is 6.17. The van der Waals surface area contributed by atoms with Crippen LogP contribution in [-0.4, -0.2) is 18.9 Å². The van der Waals surface area contributed by atoms with Gasteiger partial charge in [0, 0.05) is 5.69 Å². The summed E-state index contributed by atoms with van der Waals surface area (Å²) in [5.74, 6) is -0.690. The van der Waals surface area contributed by atoms with E-state index in [4.69, 9.17) is 4.74 Å². The van der Waals surface area contributed by atoms with Crippen LogP contribution in [0.5, 0.6) is 5.75 Å². The standard InChI is InChI=1S/C20H19F3N2O3/c1-12-6-7-16(28-2)15(10-12)25-18(27)19(8-9-19)17(26)24-14-5-3-4-13(11-14)20(21,22)23/h3-7,10-11H,8-9H2,1-2H3,(H,24,26)(H,25,27). The molecule has 0 spiro atoms. The van der Waals surface area contributed by atoms with Crippen molar-refractivity contribution in [2.45, 2.75) is 25.9 Å². The van der Waals surface area contributed by atoms with E-state index >= 15 is 0 Å². The number of amides is 2. The van der Waals surface area contributed by atoms with Gasteiger partial charge in [0.05, 0.1) is 18.4 Å². The number of rotatable bonds is 5. The SMILES string of the molecule is COc1ccc(C)cc1NC(=O)C1(C(=O)Nc2cccc(C(F)(F)F)c2)CC1. The van der Waals surface area contributed by atoms with Crippen molar-refractivity contribution < 1.29 is 27.5 Å². The van der Waals surface area contributed by atoms with Gasteiger partial charge in [-0.2, -0.15) is 13.2 Å². The lowest BCUT2D eigenvalue weighted by Crippen LogP contribution is -2.35. The summed E-state index contributed by atoms with van der Waals surface area (Å²) >= 11 is 0. The fourth-order valence-corrected chi connectivity index (χ4v) is 2.87. The number of aryl methyl sites for hydroxylation is 1. The smallest absolute Gasteiger partial charge is 0.416 e. The van der Waals surface area contributed by atoms with Gasteiger partial charge in [-0.15, -0.1) is 0 Å². The van der Waals surface area contributed by atoms with Crippen LogP contribution < -0.4 is 15.4 Å². The molecule has 0 unspecified atom stereocenters. The maximum Gasteiger partial charge on any atom is 0.416 e. The van der Waals surface area contributed by atoms with Gasteiger partial charge in [0.1, 0.15) is 11.2 Å². The molecule has 0 saturated heterocycles. The lowest BCUT2D eigenvalue weighted by molar-refractivity contribution is -0.137. The zero-order chi connectivity index (χ0) is 20.5. The second-order valence-corrected chi connectivity index (χ2v) is 6.77. The van der Waals surface area contributed by atoms with Gasteiger partial charge in [0.25, 0.3) is 0 Å². The molecule has 0 aliphatic heterocycles. The summed E-state index contributed by atoms with van der Waals surface area (Å²) in [7, 11) is 1.47. The number of hydrogen-bond donors (Lipinski definition) is 2. The molecular formula is C20H19F3N2O3. The highest BCUT2D eigenvalue weighted by Crippen LogP contribution is 2.48. The van der Waals surface area contributed by atoms with Crippen LogP contribution in [0.15, 0.2) is 42.5 Å². The second kappa shape index (κ2) is 7.18. The average molecular weight is 392 g/mol. The van der Waals surface area contributed by atoms with Crippen LogP contribution in [0.3, 0.4) is 0 Å². The van der Waals surface area contributed by atoms with Crippen molar-refractivity contribution in [1.29, 1.82) is 0 Å². The number of carbonyl (C=O) groups excluding carboxylic acids is 2. The van der Waals surface area contributed by atoms with Crippen molar-refractivity contribution in [2.75, 3.05) is 17.7 Å². The first kappa shape index (κ1) is 19.7. The molecule has 2 aromatic rings. The minimum atomic E-state index is -4.52. The lowest BCUT2D eigenvalue weighted by Gasteiger charge is -2.17. The molecule has 1 saturated carbocycles. The zero-order valence-corrected chi connectivity index (χ0v) is 15.3. The van der Waals surface area contributed by atoms with Crippen LogP contribution in [0.25, 0.3) is 0 Å². The molecule has 0 radical (unpaired) electrons. The van der Waals surface area contributed by atoms with Gasteiger partial charge in [0.2, 0.25) is 11.8 Å². The van der Waals surface area contributed by atoms with Crippen molar-refractivity contribution in [2.24, 2.45) is 5.41 Å². The molecule has 5 nitrogen and oxygen atoms in total.